The van der Waals surface area contributed by atoms with Gasteiger partial charge in [0.1, 0.15) is 4.53 Å². The van der Waals surface area contributed by atoms with Crippen LogP contribution in [0.4, 0.5) is 0 Å². The van der Waals surface area contributed by atoms with Crippen LogP contribution in [0.1, 0.15) is 50.3 Å². The fourth-order valence-corrected chi connectivity index (χ4v) is 8.82. The van der Waals surface area contributed by atoms with E-state index in [1.807, 2.05) is 53.1 Å². The van der Waals surface area contributed by atoms with Crippen LogP contribution in [0.25, 0.3) is 10.3 Å². The van der Waals surface area contributed by atoms with E-state index in [4.69, 9.17) is 28.2 Å². The van der Waals surface area contributed by atoms with Crippen LogP contribution in [-0.4, -0.2) is 4.57 Å². The van der Waals surface area contributed by atoms with Gasteiger partial charge in [0.05, 0.1) is 16.0 Å². The molecule has 0 fully saturated rings. The quantitative estimate of drug-likeness (QED) is 0.316. The lowest BCUT2D eigenvalue weighted by Crippen LogP contribution is -2.39. The maximum Gasteiger partial charge on any atom is 0.272 e. The van der Waals surface area contributed by atoms with Crippen molar-refractivity contribution in [3.05, 3.63) is 116 Å². The third-order valence-corrected chi connectivity index (χ3v) is 11.1. The third-order valence-electron chi connectivity index (χ3n) is 6.68. The van der Waals surface area contributed by atoms with Crippen molar-refractivity contribution in [1.29, 1.82) is 0 Å². The van der Waals surface area contributed by atoms with Gasteiger partial charge in [0.25, 0.3) is 5.56 Å². The molecule has 1 aromatic heterocycles. The van der Waals surface area contributed by atoms with Gasteiger partial charge >= 0.3 is 0 Å². The SMILES string of the molecule is CC1=C(C)SC(=c2sc3n(c2=O)[C@@H](c2ccc(Cl)cc2)C2=C(N=3)/C(=C/c3ccc(Cl)cc3)CCC2)S1. The van der Waals surface area contributed by atoms with E-state index in [-0.39, 0.29) is 11.6 Å². The molecule has 1 aliphatic carbocycles. The fourth-order valence-electron chi connectivity index (χ4n) is 4.82. The Morgan fingerprint density at radius 2 is 1.58 bits per heavy atom. The molecule has 0 saturated carbocycles. The zero-order chi connectivity index (χ0) is 25.0. The average molecular weight is 570 g/mol. The molecule has 0 unspecified atom stereocenters. The van der Waals surface area contributed by atoms with Gasteiger partial charge in [0.2, 0.25) is 0 Å². The summed E-state index contributed by atoms with van der Waals surface area (Å²) in [6, 6.07) is 15.6. The van der Waals surface area contributed by atoms with Crippen molar-refractivity contribution in [3.63, 3.8) is 0 Å². The van der Waals surface area contributed by atoms with Gasteiger partial charge in [-0.15, -0.1) is 0 Å². The monoisotopic (exact) mass is 568 g/mol. The van der Waals surface area contributed by atoms with Gasteiger partial charge in [0.15, 0.2) is 4.80 Å². The van der Waals surface area contributed by atoms with Crippen molar-refractivity contribution in [2.45, 2.75) is 39.2 Å². The summed E-state index contributed by atoms with van der Waals surface area (Å²) in [7, 11) is 0. The Hall–Kier alpha value is -1.96. The fraction of sp³-hybridized carbons (Fsp3) is 0.214. The maximum atomic E-state index is 13.9. The minimum atomic E-state index is -0.191. The predicted molar refractivity (Wildman–Crippen MR) is 156 cm³/mol. The molecule has 2 aliphatic heterocycles. The van der Waals surface area contributed by atoms with E-state index in [1.54, 1.807) is 23.5 Å². The van der Waals surface area contributed by atoms with Gasteiger partial charge in [-0.2, -0.15) is 0 Å². The highest BCUT2D eigenvalue weighted by Crippen LogP contribution is 2.49. The normalized spacial score (nSPS) is 20.6. The summed E-state index contributed by atoms with van der Waals surface area (Å²) in [5, 5.41) is 1.41. The van der Waals surface area contributed by atoms with Crippen LogP contribution in [0.15, 0.2) is 85.0 Å². The molecule has 0 spiro atoms. The number of fused-ring (bicyclic) bond motifs is 1. The van der Waals surface area contributed by atoms with Crippen LogP contribution in [0.3, 0.4) is 0 Å². The number of hydrogen-bond donors (Lipinski definition) is 0. The highest BCUT2D eigenvalue weighted by molar-refractivity contribution is 8.35. The molecule has 0 saturated heterocycles. The lowest BCUT2D eigenvalue weighted by molar-refractivity contribution is 0.553. The molecule has 3 nitrogen and oxygen atoms in total. The summed E-state index contributed by atoms with van der Waals surface area (Å²) in [5.41, 5.74) is 5.62. The van der Waals surface area contributed by atoms with Gasteiger partial charge in [-0.1, -0.05) is 82.3 Å². The first-order valence-corrected chi connectivity index (χ1v) is 14.9. The van der Waals surface area contributed by atoms with E-state index in [2.05, 4.69) is 19.9 Å². The Morgan fingerprint density at radius 3 is 2.25 bits per heavy atom. The molecule has 1 atom stereocenters. The highest BCUT2D eigenvalue weighted by Gasteiger charge is 2.33. The third kappa shape index (κ3) is 4.37. The maximum absolute atomic E-state index is 13.9. The lowest BCUT2D eigenvalue weighted by atomic mass is 9.84. The number of halogens is 2. The topological polar surface area (TPSA) is 34.4 Å². The van der Waals surface area contributed by atoms with Gasteiger partial charge in [-0.25, -0.2) is 4.99 Å². The molecule has 8 heteroatoms. The molecule has 3 heterocycles. The average Bonchev–Trinajstić information content (AvgIpc) is 3.38. The second-order valence-electron chi connectivity index (χ2n) is 9.01. The number of allylic oxidation sites excluding steroid dienone is 4. The van der Waals surface area contributed by atoms with E-state index in [0.29, 0.717) is 5.02 Å². The van der Waals surface area contributed by atoms with E-state index >= 15 is 0 Å². The van der Waals surface area contributed by atoms with Crippen LogP contribution in [0.5, 0.6) is 0 Å². The smallest absolute Gasteiger partial charge is 0.272 e. The highest BCUT2D eigenvalue weighted by atomic mass is 35.5. The number of thiazole rings is 1. The summed E-state index contributed by atoms with van der Waals surface area (Å²) in [4.78, 5) is 22.3. The second kappa shape index (κ2) is 9.73. The van der Waals surface area contributed by atoms with Crippen molar-refractivity contribution >= 4 is 68.4 Å². The van der Waals surface area contributed by atoms with E-state index < -0.39 is 0 Å². The molecule has 2 aromatic carbocycles. The molecule has 0 N–H and O–H groups in total. The lowest BCUT2D eigenvalue weighted by Gasteiger charge is -2.31. The largest absolute Gasteiger partial charge is 0.272 e. The molecule has 3 aliphatic rings. The Labute approximate surface area is 231 Å². The summed E-state index contributed by atoms with van der Waals surface area (Å²) in [5.74, 6) is 0. The van der Waals surface area contributed by atoms with Crippen LogP contribution in [-0.2, 0) is 0 Å². The first kappa shape index (κ1) is 24.4. The van der Waals surface area contributed by atoms with Crippen molar-refractivity contribution in [3.8, 4) is 0 Å². The van der Waals surface area contributed by atoms with E-state index in [0.717, 1.165) is 54.7 Å². The van der Waals surface area contributed by atoms with Gasteiger partial charge in [-0.3, -0.25) is 9.36 Å². The number of thioether (sulfide) groups is 2. The van der Waals surface area contributed by atoms with Crippen molar-refractivity contribution in [2.75, 3.05) is 0 Å². The molecule has 6 rings (SSSR count). The Balaban J connectivity index is 1.58. The van der Waals surface area contributed by atoms with Gasteiger partial charge < -0.3 is 0 Å². The standard InChI is InChI=1S/C28H22Cl2N2OS3/c1-15-16(2)35-27(34-15)25-26(33)32-24(18-8-12-21(30)13-9-18)22-5-3-4-19(23(22)31-28(32)36-25)14-17-6-10-20(29)11-7-17/h6-14,24H,3-5H2,1-2H3/b19-14+/t24-/m0/s1. The van der Waals surface area contributed by atoms with Crippen LogP contribution < -0.4 is 14.9 Å². The molecular weight excluding hydrogens is 547 g/mol. The Bertz CT molecular complexity index is 1640. The molecule has 182 valence electrons. The van der Waals surface area contributed by atoms with E-state index in [9.17, 15) is 4.79 Å². The summed E-state index contributed by atoms with van der Waals surface area (Å²) >= 11 is 17.2. The second-order valence-corrected chi connectivity index (χ2v) is 13.6. The number of nitrogens with zero attached hydrogens (tertiary/aromatic N) is 2. The van der Waals surface area contributed by atoms with Crippen LogP contribution in [0, 0.1) is 0 Å². The number of benzene rings is 2. The molecule has 0 radical (unpaired) electrons. The first-order valence-electron chi connectivity index (χ1n) is 11.7. The summed E-state index contributed by atoms with van der Waals surface area (Å²) in [6.07, 6.45) is 5.08. The molecule has 0 bridgehead atoms. The number of rotatable bonds is 2. The minimum absolute atomic E-state index is 0.0385. The minimum Gasteiger partial charge on any atom is -0.272 e. The van der Waals surface area contributed by atoms with Crippen LogP contribution in [0.2, 0.25) is 10.0 Å². The number of hydrogen-bond acceptors (Lipinski definition) is 5. The van der Waals surface area contributed by atoms with E-state index in [1.165, 1.54) is 32.3 Å². The summed E-state index contributed by atoms with van der Waals surface area (Å²) < 4.78 is 3.74. The number of aromatic nitrogens is 1. The Kier molecular flexibility index (Phi) is 6.59. The summed E-state index contributed by atoms with van der Waals surface area (Å²) in [6.45, 7) is 4.22. The Morgan fingerprint density at radius 1 is 0.944 bits per heavy atom. The zero-order valence-electron chi connectivity index (χ0n) is 19.7. The van der Waals surface area contributed by atoms with Gasteiger partial charge in [0, 0.05) is 10.0 Å². The van der Waals surface area contributed by atoms with Crippen molar-refractivity contribution < 1.29 is 0 Å². The zero-order valence-corrected chi connectivity index (χ0v) is 23.6. The molecule has 36 heavy (non-hydrogen) atoms. The molecule has 3 aromatic rings. The first-order chi connectivity index (χ1) is 17.4. The predicted octanol–water partition coefficient (Wildman–Crippen LogP) is 7.76. The molecule has 0 amide bonds. The van der Waals surface area contributed by atoms with Crippen molar-refractivity contribution in [1.82, 2.24) is 4.57 Å². The molecular formula is C28H22Cl2N2OS3. The van der Waals surface area contributed by atoms with Gasteiger partial charge in [-0.05, 0) is 95.5 Å². The van der Waals surface area contributed by atoms with Crippen LogP contribution >= 0.6 is 58.1 Å². The van der Waals surface area contributed by atoms with Crippen molar-refractivity contribution in [2.24, 2.45) is 4.99 Å².